The molecular weight excluding hydrogens is 412 g/mol. The molecule has 1 heterocycles. The van der Waals surface area contributed by atoms with Gasteiger partial charge >= 0.3 is 11.9 Å². The van der Waals surface area contributed by atoms with Crippen LogP contribution in [-0.4, -0.2) is 31.9 Å². The molecule has 0 atom stereocenters. The van der Waals surface area contributed by atoms with Gasteiger partial charge in [0.1, 0.15) is 22.8 Å². The second kappa shape index (κ2) is 8.77. The quantitative estimate of drug-likeness (QED) is 0.338. The first-order valence-electron chi connectivity index (χ1n) is 9.62. The van der Waals surface area contributed by atoms with Crippen molar-refractivity contribution in [3.05, 3.63) is 94.7 Å². The van der Waals surface area contributed by atoms with Gasteiger partial charge in [0.2, 0.25) is 5.78 Å². The Labute approximate surface area is 183 Å². The van der Waals surface area contributed by atoms with Crippen LogP contribution in [0.3, 0.4) is 0 Å². The summed E-state index contributed by atoms with van der Waals surface area (Å²) >= 11 is 0. The second-order valence-corrected chi connectivity index (χ2v) is 6.80. The Morgan fingerprint density at radius 3 is 2.38 bits per heavy atom. The van der Waals surface area contributed by atoms with Gasteiger partial charge in [0, 0.05) is 6.07 Å². The van der Waals surface area contributed by atoms with Gasteiger partial charge in [-0.15, -0.1) is 0 Å². The predicted molar refractivity (Wildman–Crippen MR) is 115 cm³/mol. The van der Waals surface area contributed by atoms with Gasteiger partial charge in [0.05, 0.1) is 25.3 Å². The van der Waals surface area contributed by atoms with E-state index in [1.54, 1.807) is 60.7 Å². The summed E-state index contributed by atoms with van der Waals surface area (Å²) in [6.45, 7) is 0. The van der Waals surface area contributed by atoms with E-state index in [1.807, 2.05) is 0 Å². The number of allylic oxidation sites excluding steroid dienone is 1. The van der Waals surface area contributed by atoms with Crippen molar-refractivity contribution in [1.82, 2.24) is 0 Å². The van der Waals surface area contributed by atoms with Gasteiger partial charge in [-0.05, 0) is 48.0 Å². The smallest absolute Gasteiger partial charge is 0.347 e. The number of fused-ring (bicyclic) bond motifs is 1. The Morgan fingerprint density at radius 2 is 1.66 bits per heavy atom. The molecule has 3 aromatic rings. The zero-order chi connectivity index (χ0) is 22.7. The van der Waals surface area contributed by atoms with Crippen LogP contribution in [0.25, 0.3) is 6.08 Å². The van der Waals surface area contributed by atoms with Gasteiger partial charge in [0.15, 0.2) is 5.76 Å². The normalized spacial score (nSPS) is 13.3. The molecule has 0 saturated heterocycles. The molecule has 1 aliphatic rings. The van der Waals surface area contributed by atoms with Crippen molar-refractivity contribution in [2.45, 2.75) is 0 Å². The lowest BCUT2D eigenvalue weighted by Crippen LogP contribution is -2.10. The average Bonchev–Trinajstić information content (AvgIpc) is 3.13. The monoisotopic (exact) mass is 430 g/mol. The van der Waals surface area contributed by atoms with Crippen LogP contribution in [0.15, 0.2) is 72.5 Å². The van der Waals surface area contributed by atoms with Crippen molar-refractivity contribution in [2.75, 3.05) is 14.2 Å². The van der Waals surface area contributed by atoms with E-state index in [1.165, 1.54) is 26.4 Å². The third kappa shape index (κ3) is 4.09. The summed E-state index contributed by atoms with van der Waals surface area (Å²) in [5.41, 5.74) is 1.72. The topological polar surface area (TPSA) is 88.1 Å². The summed E-state index contributed by atoms with van der Waals surface area (Å²) < 4.78 is 21.0. The second-order valence-electron chi connectivity index (χ2n) is 6.80. The average molecular weight is 430 g/mol. The summed E-state index contributed by atoms with van der Waals surface area (Å²) in [7, 11) is 2.78. The maximum atomic E-state index is 12.7. The zero-order valence-electron chi connectivity index (χ0n) is 17.3. The van der Waals surface area contributed by atoms with Gasteiger partial charge in [-0.25, -0.2) is 9.59 Å². The van der Waals surface area contributed by atoms with E-state index in [4.69, 9.17) is 14.2 Å². The van der Waals surface area contributed by atoms with Crippen LogP contribution in [0.1, 0.15) is 36.6 Å². The van der Waals surface area contributed by atoms with E-state index < -0.39 is 11.9 Å². The Balaban J connectivity index is 1.52. The third-order valence-electron chi connectivity index (χ3n) is 4.81. The van der Waals surface area contributed by atoms with Crippen LogP contribution in [0, 0.1) is 0 Å². The van der Waals surface area contributed by atoms with Gasteiger partial charge in [-0.1, -0.05) is 24.3 Å². The first kappa shape index (κ1) is 20.9. The number of ketones is 1. The highest BCUT2D eigenvalue weighted by Crippen LogP contribution is 2.35. The molecule has 7 nitrogen and oxygen atoms in total. The number of rotatable bonds is 5. The maximum absolute atomic E-state index is 12.7. The van der Waals surface area contributed by atoms with Crippen molar-refractivity contribution in [1.29, 1.82) is 0 Å². The lowest BCUT2D eigenvalue weighted by atomic mass is 10.1. The number of methoxy groups -OCH3 is 2. The minimum absolute atomic E-state index is 0.124. The summed E-state index contributed by atoms with van der Waals surface area (Å²) in [5, 5.41) is 0. The number of benzene rings is 3. The molecule has 4 rings (SSSR count). The van der Waals surface area contributed by atoms with Crippen LogP contribution in [-0.2, 0) is 4.74 Å². The molecular formula is C25H18O7. The molecule has 0 radical (unpaired) electrons. The Bertz CT molecular complexity index is 1240. The van der Waals surface area contributed by atoms with Crippen molar-refractivity contribution in [3.8, 4) is 17.2 Å². The van der Waals surface area contributed by atoms with Crippen molar-refractivity contribution in [2.24, 2.45) is 0 Å². The number of para-hydroxylation sites is 1. The first-order valence-corrected chi connectivity index (χ1v) is 9.62. The number of ether oxygens (including phenoxy) is 4. The molecule has 0 saturated carbocycles. The SMILES string of the molecule is COC(=O)c1ccc(/C=C2\Oc3cc(OC(=O)c4ccccc4OC)ccc3C2=O)cc1. The van der Waals surface area contributed by atoms with Crippen LogP contribution in [0.5, 0.6) is 17.2 Å². The molecule has 0 bridgehead atoms. The van der Waals surface area contributed by atoms with Crippen LogP contribution < -0.4 is 14.2 Å². The van der Waals surface area contributed by atoms with E-state index in [0.717, 1.165) is 0 Å². The number of hydrogen-bond donors (Lipinski definition) is 0. The molecule has 0 amide bonds. The maximum Gasteiger partial charge on any atom is 0.347 e. The number of hydrogen-bond acceptors (Lipinski definition) is 7. The van der Waals surface area contributed by atoms with Gasteiger partial charge < -0.3 is 18.9 Å². The molecule has 0 fully saturated rings. The van der Waals surface area contributed by atoms with Gasteiger partial charge in [0.25, 0.3) is 0 Å². The highest BCUT2D eigenvalue weighted by atomic mass is 16.5. The Morgan fingerprint density at radius 1 is 0.906 bits per heavy atom. The molecule has 160 valence electrons. The highest BCUT2D eigenvalue weighted by molar-refractivity contribution is 6.14. The van der Waals surface area contributed by atoms with Crippen molar-refractivity contribution < 1.29 is 33.3 Å². The summed E-state index contributed by atoms with van der Waals surface area (Å²) in [4.78, 5) is 36.7. The molecule has 0 spiro atoms. The van der Waals surface area contributed by atoms with E-state index in [0.29, 0.717) is 22.4 Å². The fourth-order valence-electron chi connectivity index (χ4n) is 3.19. The minimum Gasteiger partial charge on any atom is -0.496 e. The largest absolute Gasteiger partial charge is 0.496 e. The van der Waals surface area contributed by atoms with Crippen molar-refractivity contribution >= 4 is 23.8 Å². The minimum atomic E-state index is -0.590. The van der Waals surface area contributed by atoms with Crippen LogP contribution in [0.2, 0.25) is 0 Å². The van der Waals surface area contributed by atoms with Gasteiger partial charge in [-0.2, -0.15) is 0 Å². The first-order chi connectivity index (χ1) is 15.5. The molecule has 0 N–H and O–H groups in total. The van der Waals surface area contributed by atoms with E-state index >= 15 is 0 Å². The zero-order valence-corrected chi connectivity index (χ0v) is 17.3. The van der Waals surface area contributed by atoms with Crippen molar-refractivity contribution in [3.63, 3.8) is 0 Å². The lowest BCUT2D eigenvalue weighted by molar-refractivity contribution is 0.0600. The molecule has 0 aliphatic carbocycles. The van der Waals surface area contributed by atoms with E-state index in [9.17, 15) is 14.4 Å². The molecule has 0 unspecified atom stereocenters. The summed E-state index contributed by atoms with van der Waals surface area (Å²) in [6.07, 6.45) is 1.57. The third-order valence-corrected chi connectivity index (χ3v) is 4.81. The molecule has 32 heavy (non-hydrogen) atoms. The number of carbonyl (C=O) groups is 3. The fourth-order valence-corrected chi connectivity index (χ4v) is 3.19. The Kier molecular flexibility index (Phi) is 5.72. The highest BCUT2D eigenvalue weighted by Gasteiger charge is 2.28. The lowest BCUT2D eigenvalue weighted by Gasteiger charge is -2.08. The number of esters is 2. The molecule has 0 aromatic heterocycles. The molecule has 1 aliphatic heterocycles. The predicted octanol–water partition coefficient (Wildman–Crippen LogP) is 4.32. The van der Waals surface area contributed by atoms with Crippen LogP contribution >= 0.6 is 0 Å². The van der Waals surface area contributed by atoms with E-state index in [2.05, 4.69) is 4.74 Å². The van der Waals surface area contributed by atoms with E-state index in [-0.39, 0.29) is 28.6 Å². The van der Waals surface area contributed by atoms with Gasteiger partial charge in [-0.3, -0.25) is 4.79 Å². The molecule has 3 aromatic carbocycles. The van der Waals surface area contributed by atoms with Crippen LogP contribution in [0.4, 0.5) is 0 Å². The number of Topliss-reactive ketones (excluding diaryl/α,β-unsaturated/α-hetero) is 1. The Hall–Kier alpha value is -4.39. The summed E-state index contributed by atoms with van der Waals surface area (Å²) in [6, 6.07) is 17.8. The molecule has 7 heteroatoms. The number of carbonyl (C=O) groups excluding carboxylic acids is 3. The summed E-state index contributed by atoms with van der Waals surface area (Å²) in [5.74, 6) is -0.283. The fraction of sp³-hybridized carbons (Fsp3) is 0.0800. The standard InChI is InChI=1S/C25H18O7/c1-29-20-6-4-3-5-19(20)25(28)31-17-11-12-18-21(14-17)32-22(23(18)26)13-15-7-9-16(10-8-15)24(27)30-2/h3-14H,1-2H3/b22-13-.